The molecule has 7 nitrogen and oxygen atoms in total. The molecule has 2 aromatic rings. The lowest BCUT2D eigenvalue weighted by Crippen LogP contribution is -2.31. The fourth-order valence-electron chi connectivity index (χ4n) is 3.53. The minimum absolute atomic E-state index is 0.0718. The van der Waals surface area contributed by atoms with Gasteiger partial charge < -0.3 is 10.1 Å². The van der Waals surface area contributed by atoms with Gasteiger partial charge in [0.15, 0.2) is 5.75 Å². The minimum atomic E-state index is -3.71. The lowest BCUT2D eigenvalue weighted by Gasteiger charge is -2.25. The highest BCUT2D eigenvalue weighted by atomic mass is 32.2. The van der Waals surface area contributed by atoms with E-state index in [-0.39, 0.29) is 22.9 Å². The third-order valence-electron chi connectivity index (χ3n) is 5.24. The van der Waals surface area contributed by atoms with Crippen LogP contribution in [0.4, 0.5) is 21.6 Å². The van der Waals surface area contributed by atoms with Gasteiger partial charge in [0.2, 0.25) is 10.0 Å². The van der Waals surface area contributed by atoms with Gasteiger partial charge >= 0.3 is 0 Å². The van der Waals surface area contributed by atoms with E-state index in [2.05, 4.69) is 10.0 Å². The third-order valence-corrected chi connectivity index (χ3v) is 7.07. The van der Waals surface area contributed by atoms with Gasteiger partial charge in [-0.2, -0.15) is 0 Å². The molecule has 1 aliphatic carbocycles. The Hall–Kier alpha value is -2.55. The molecule has 0 saturated heterocycles. The number of nitrogens with one attached hydrogen (secondary N) is 2. The number of ether oxygens (including phenoxy) is 1. The zero-order valence-electron chi connectivity index (χ0n) is 16.8. The summed E-state index contributed by atoms with van der Waals surface area (Å²) >= 11 is 0. The van der Waals surface area contributed by atoms with Crippen molar-refractivity contribution >= 4 is 27.2 Å². The van der Waals surface area contributed by atoms with Gasteiger partial charge in [0.05, 0.1) is 18.0 Å². The molecule has 0 aliphatic heterocycles. The maximum absolute atomic E-state index is 14.4. The highest BCUT2D eigenvalue weighted by Crippen LogP contribution is 2.36. The van der Waals surface area contributed by atoms with Gasteiger partial charge in [0.25, 0.3) is 5.56 Å². The van der Waals surface area contributed by atoms with Crippen molar-refractivity contribution in [1.82, 2.24) is 4.57 Å². The van der Waals surface area contributed by atoms with Crippen molar-refractivity contribution in [2.24, 2.45) is 7.05 Å². The molecule has 0 atom stereocenters. The molecule has 1 fully saturated rings. The molecular formula is C20H26FN3O4S. The normalized spacial score (nSPS) is 15.2. The molecule has 0 unspecified atom stereocenters. The van der Waals surface area contributed by atoms with E-state index in [0.717, 1.165) is 24.8 Å². The quantitative estimate of drug-likeness (QED) is 0.740. The highest BCUT2D eigenvalue weighted by Gasteiger charge is 2.30. The monoisotopic (exact) mass is 423 g/mol. The second-order valence-corrected chi connectivity index (χ2v) is 9.31. The fraction of sp³-hybridized carbons (Fsp3) is 0.450. The van der Waals surface area contributed by atoms with Crippen molar-refractivity contribution in [3.8, 4) is 5.75 Å². The standard InChI is InChI=1S/C20H26FN3O4S/c1-13-9-10-16(15(21)11-13)22-20-19(17(28-3)12-18(25)24(20)2)23-29(26,27)14-7-5-4-6-8-14/h9-12,14,22-23H,4-8H2,1-3H3. The van der Waals surface area contributed by atoms with Crippen LogP contribution in [0.1, 0.15) is 37.7 Å². The molecule has 0 spiro atoms. The number of aryl methyl sites for hydroxylation is 1. The van der Waals surface area contributed by atoms with Crippen LogP contribution < -0.4 is 20.3 Å². The molecule has 2 N–H and O–H groups in total. The van der Waals surface area contributed by atoms with Crippen LogP contribution in [0.5, 0.6) is 5.75 Å². The molecule has 29 heavy (non-hydrogen) atoms. The first-order valence-electron chi connectivity index (χ1n) is 9.55. The lowest BCUT2D eigenvalue weighted by atomic mass is 10.0. The molecule has 1 heterocycles. The van der Waals surface area contributed by atoms with E-state index in [4.69, 9.17) is 4.74 Å². The minimum Gasteiger partial charge on any atom is -0.494 e. The van der Waals surface area contributed by atoms with Crippen molar-refractivity contribution in [2.75, 3.05) is 17.1 Å². The van der Waals surface area contributed by atoms with Gasteiger partial charge in [0.1, 0.15) is 17.3 Å². The van der Waals surface area contributed by atoms with Crippen molar-refractivity contribution in [1.29, 1.82) is 0 Å². The van der Waals surface area contributed by atoms with Crippen LogP contribution in [0.3, 0.4) is 0 Å². The third kappa shape index (κ3) is 4.55. The summed E-state index contributed by atoms with van der Waals surface area (Å²) < 4.78 is 49.4. The van der Waals surface area contributed by atoms with Crippen LogP contribution in [-0.4, -0.2) is 25.3 Å². The Bertz CT molecular complexity index is 1060. The number of aromatic nitrogens is 1. The molecule has 1 saturated carbocycles. The largest absolute Gasteiger partial charge is 0.494 e. The van der Waals surface area contributed by atoms with Crippen molar-refractivity contribution in [2.45, 2.75) is 44.3 Å². The van der Waals surface area contributed by atoms with E-state index in [0.29, 0.717) is 12.8 Å². The number of methoxy groups -OCH3 is 1. The number of benzene rings is 1. The molecule has 0 amide bonds. The van der Waals surface area contributed by atoms with Crippen molar-refractivity contribution in [3.05, 3.63) is 46.0 Å². The van der Waals surface area contributed by atoms with Crippen molar-refractivity contribution in [3.63, 3.8) is 0 Å². The fourth-order valence-corrected chi connectivity index (χ4v) is 5.13. The van der Waals surface area contributed by atoms with E-state index in [1.807, 2.05) is 0 Å². The van der Waals surface area contributed by atoms with Crippen LogP contribution in [-0.2, 0) is 17.1 Å². The number of halogens is 1. The zero-order valence-corrected chi connectivity index (χ0v) is 17.6. The smallest absolute Gasteiger partial charge is 0.255 e. The topological polar surface area (TPSA) is 89.4 Å². The van der Waals surface area contributed by atoms with Crippen LogP contribution in [0, 0.1) is 12.7 Å². The number of hydrogen-bond acceptors (Lipinski definition) is 5. The summed E-state index contributed by atoms with van der Waals surface area (Å²) in [4.78, 5) is 12.3. The van der Waals surface area contributed by atoms with Gasteiger partial charge in [-0.3, -0.25) is 14.1 Å². The predicted octanol–water partition coefficient (Wildman–Crippen LogP) is 3.66. The Morgan fingerprint density at radius 2 is 1.86 bits per heavy atom. The molecule has 158 valence electrons. The van der Waals surface area contributed by atoms with E-state index in [9.17, 15) is 17.6 Å². The number of pyridine rings is 1. The van der Waals surface area contributed by atoms with E-state index < -0.39 is 26.6 Å². The average Bonchev–Trinajstić information content (AvgIpc) is 2.69. The molecule has 0 radical (unpaired) electrons. The predicted molar refractivity (Wildman–Crippen MR) is 112 cm³/mol. The average molecular weight is 424 g/mol. The summed E-state index contributed by atoms with van der Waals surface area (Å²) in [5.41, 5.74) is 0.528. The van der Waals surface area contributed by atoms with Crippen LogP contribution in [0.25, 0.3) is 0 Å². The SMILES string of the molecule is COc1cc(=O)n(C)c(Nc2ccc(C)cc2F)c1NS(=O)(=O)C1CCCCC1. The molecule has 1 aliphatic rings. The molecule has 1 aromatic carbocycles. The van der Waals surface area contributed by atoms with Crippen LogP contribution >= 0.6 is 0 Å². The first-order chi connectivity index (χ1) is 13.7. The number of rotatable bonds is 6. The number of sulfonamides is 1. The first-order valence-corrected chi connectivity index (χ1v) is 11.1. The van der Waals surface area contributed by atoms with E-state index >= 15 is 0 Å². The lowest BCUT2D eigenvalue weighted by molar-refractivity contribution is 0.415. The number of hydrogen-bond donors (Lipinski definition) is 2. The van der Waals surface area contributed by atoms with Gasteiger partial charge in [-0.25, -0.2) is 12.8 Å². The Balaban J connectivity index is 2.07. The van der Waals surface area contributed by atoms with Crippen LogP contribution in [0.15, 0.2) is 29.1 Å². The van der Waals surface area contributed by atoms with Gasteiger partial charge in [-0.1, -0.05) is 25.3 Å². The first kappa shape index (κ1) is 21.2. The highest BCUT2D eigenvalue weighted by molar-refractivity contribution is 7.93. The molecule has 9 heteroatoms. The summed E-state index contributed by atoms with van der Waals surface area (Å²) in [6.07, 6.45) is 3.90. The van der Waals surface area contributed by atoms with Crippen LogP contribution in [0.2, 0.25) is 0 Å². The summed E-state index contributed by atoms with van der Waals surface area (Å²) in [5.74, 6) is -0.333. The van der Waals surface area contributed by atoms with Gasteiger partial charge in [-0.05, 0) is 37.5 Å². The Kier molecular flexibility index (Phi) is 6.16. The Labute approximate surface area is 169 Å². The van der Waals surface area contributed by atoms with Gasteiger partial charge in [-0.15, -0.1) is 0 Å². The second kappa shape index (κ2) is 8.44. The van der Waals surface area contributed by atoms with E-state index in [1.165, 1.54) is 36.9 Å². The molecular weight excluding hydrogens is 397 g/mol. The summed E-state index contributed by atoms with van der Waals surface area (Å²) in [6, 6.07) is 5.81. The number of anilines is 3. The maximum atomic E-state index is 14.4. The van der Waals surface area contributed by atoms with Crippen molar-refractivity contribution < 1.29 is 17.5 Å². The molecule has 1 aromatic heterocycles. The Morgan fingerprint density at radius 1 is 1.17 bits per heavy atom. The molecule has 0 bridgehead atoms. The number of nitrogens with zero attached hydrogens (tertiary/aromatic N) is 1. The summed E-state index contributed by atoms with van der Waals surface area (Å²) in [5, 5.41) is 2.35. The molecule has 3 rings (SSSR count). The Morgan fingerprint density at radius 3 is 2.48 bits per heavy atom. The second-order valence-electron chi connectivity index (χ2n) is 7.35. The summed E-state index contributed by atoms with van der Waals surface area (Å²) in [6.45, 7) is 1.76. The van der Waals surface area contributed by atoms with Gasteiger partial charge in [0, 0.05) is 13.1 Å². The van der Waals surface area contributed by atoms with E-state index in [1.54, 1.807) is 13.0 Å². The zero-order chi connectivity index (χ0) is 21.2. The maximum Gasteiger partial charge on any atom is 0.255 e. The summed E-state index contributed by atoms with van der Waals surface area (Å²) in [7, 11) is -0.878.